The van der Waals surface area contributed by atoms with Gasteiger partial charge in [0.2, 0.25) is 0 Å². The van der Waals surface area contributed by atoms with Gasteiger partial charge in [-0.2, -0.15) is 0 Å². The number of hydrogen-bond acceptors (Lipinski definition) is 3. The average Bonchev–Trinajstić information content (AvgIpc) is 2.37. The van der Waals surface area contributed by atoms with Crippen LogP contribution in [0.15, 0.2) is 24.3 Å². The largest absolute Gasteiger partial charge is 0.385 e. The molecule has 1 aromatic carbocycles. The first-order valence-corrected chi connectivity index (χ1v) is 6.42. The lowest BCUT2D eigenvalue weighted by Crippen LogP contribution is -2.11. The lowest BCUT2D eigenvalue weighted by atomic mass is 10.0. The van der Waals surface area contributed by atoms with Crippen molar-refractivity contribution in [2.24, 2.45) is 0 Å². The van der Waals surface area contributed by atoms with Crippen LogP contribution >= 0.6 is 0 Å². The van der Waals surface area contributed by atoms with E-state index in [4.69, 9.17) is 0 Å². The monoisotopic (exact) mass is 239 g/mol. The maximum atomic E-state index is 4.52. The molecule has 0 fully saturated rings. The molecule has 18 heavy (non-hydrogen) atoms. The number of anilines is 1. The van der Waals surface area contributed by atoms with Crippen molar-refractivity contribution in [2.75, 3.05) is 11.9 Å². The molecule has 2 aromatic rings. The van der Waals surface area contributed by atoms with Crippen molar-refractivity contribution < 1.29 is 0 Å². The zero-order valence-corrected chi connectivity index (χ0v) is 10.8. The highest BCUT2D eigenvalue weighted by Crippen LogP contribution is 2.26. The zero-order chi connectivity index (χ0) is 12.5. The highest BCUT2D eigenvalue weighted by atomic mass is 14.9. The van der Waals surface area contributed by atoms with Crippen LogP contribution in [0.25, 0.3) is 11.4 Å². The third kappa shape index (κ3) is 2.08. The quantitative estimate of drug-likeness (QED) is 0.831. The van der Waals surface area contributed by atoms with E-state index in [-0.39, 0.29) is 0 Å². The van der Waals surface area contributed by atoms with Gasteiger partial charge in [0.05, 0.1) is 0 Å². The summed E-state index contributed by atoms with van der Waals surface area (Å²) in [5, 5.41) is 3.42. The van der Waals surface area contributed by atoms with Gasteiger partial charge < -0.3 is 5.32 Å². The third-order valence-corrected chi connectivity index (χ3v) is 3.28. The lowest BCUT2D eigenvalue weighted by Gasteiger charge is -2.18. The summed E-state index contributed by atoms with van der Waals surface area (Å²) in [6.45, 7) is 5.10. The molecule has 0 saturated heterocycles. The van der Waals surface area contributed by atoms with E-state index in [2.05, 4.69) is 33.5 Å². The molecule has 1 N–H and O–H groups in total. The summed E-state index contributed by atoms with van der Waals surface area (Å²) >= 11 is 0. The third-order valence-electron chi connectivity index (χ3n) is 3.28. The van der Waals surface area contributed by atoms with Crippen molar-refractivity contribution in [3.63, 3.8) is 0 Å². The molecule has 3 nitrogen and oxygen atoms in total. The number of rotatable bonds is 1. The molecule has 0 atom stereocenters. The van der Waals surface area contributed by atoms with E-state index in [1.807, 2.05) is 19.9 Å². The Morgan fingerprint density at radius 3 is 2.61 bits per heavy atom. The van der Waals surface area contributed by atoms with E-state index in [9.17, 15) is 0 Å². The van der Waals surface area contributed by atoms with Crippen LogP contribution in [0.2, 0.25) is 0 Å². The van der Waals surface area contributed by atoms with Gasteiger partial charge in [0, 0.05) is 29.2 Å². The Morgan fingerprint density at radius 2 is 1.83 bits per heavy atom. The summed E-state index contributed by atoms with van der Waals surface area (Å²) in [5.74, 6) is 0.834. The van der Waals surface area contributed by atoms with Crippen LogP contribution in [0.4, 0.5) is 5.69 Å². The predicted molar refractivity (Wildman–Crippen MR) is 73.8 cm³/mol. The van der Waals surface area contributed by atoms with Gasteiger partial charge >= 0.3 is 0 Å². The number of benzene rings is 1. The first-order valence-electron chi connectivity index (χ1n) is 6.42. The molecule has 0 bridgehead atoms. The van der Waals surface area contributed by atoms with E-state index in [0.717, 1.165) is 35.7 Å². The molecule has 1 aromatic heterocycles. The Morgan fingerprint density at radius 1 is 1.06 bits per heavy atom. The molecule has 0 aliphatic carbocycles. The highest BCUT2D eigenvalue weighted by Gasteiger charge is 2.11. The Labute approximate surface area is 107 Å². The van der Waals surface area contributed by atoms with Crippen LogP contribution < -0.4 is 5.32 Å². The van der Waals surface area contributed by atoms with Crippen LogP contribution in [0, 0.1) is 13.8 Å². The minimum atomic E-state index is 0.834. The standard InChI is InChI=1S/C15H17N3/c1-10-8-11(2)18-15(17-10)13-5-6-14-12(9-13)4-3-7-16-14/h5-6,8-9,16H,3-4,7H2,1-2H3. The van der Waals surface area contributed by atoms with Gasteiger partial charge in [-0.25, -0.2) is 9.97 Å². The van der Waals surface area contributed by atoms with Gasteiger partial charge in [-0.1, -0.05) is 0 Å². The number of fused-ring (bicyclic) bond motifs is 1. The molecular weight excluding hydrogens is 222 g/mol. The molecule has 1 aliphatic heterocycles. The topological polar surface area (TPSA) is 37.8 Å². The number of nitrogens with one attached hydrogen (secondary N) is 1. The van der Waals surface area contributed by atoms with Crippen LogP contribution in [0.5, 0.6) is 0 Å². The first kappa shape index (κ1) is 11.2. The maximum Gasteiger partial charge on any atom is 0.159 e. The van der Waals surface area contributed by atoms with Gasteiger partial charge in [-0.05, 0) is 56.5 Å². The fourth-order valence-corrected chi connectivity index (χ4v) is 2.47. The van der Waals surface area contributed by atoms with Crippen molar-refractivity contribution in [1.82, 2.24) is 9.97 Å². The lowest BCUT2D eigenvalue weighted by molar-refractivity contribution is 0.830. The van der Waals surface area contributed by atoms with Crippen molar-refractivity contribution >= 4 is 5.69 Å². The molecule has 0 unspecified atom stereocenters. The summed E-state index contributed by atoms with van der Waals surface area (Å²) in [4.78, 5) is 9.04. The van der Waals surface area contributed by atoms with Crippen LogP contribution in [0.3, 0.4) is 0 Å². The number of hydrogen-bond donors (Lipinski definition) is 1. The molecule has 3 heteroatoms. The van der Waals surface area contributed by atoms with E-state index in [0.29, 0.717) is 0 Å². The summed E-state index contributed by atoms with van der Waals surface area (Å²) in [6, 6.07) is 8.47. The molecule has 92 valence electrons. The summed E-state index contributed by atoms with van der Waals surface area (Å²) in [5.41, 5.74) is 5.79. The number of aromatic nitrogens is 2. The van der Waals surface area contributed by atoms with Gasteiger partial charge in [0.15, 0.2) is 5.82 Å². The second-order valence-electron chi connectivity index (χ2n) is 4.88. The fourth-order valence-electron chi connectivity index (χ4n) is 2.47. The van der Waals surface area contributed by atoms with Crippen molar-refractivity contribution in [1.29, 1.82) is 0 Å². The Balaban J connectivity index is 2.06. The minimum Gasteiger partial charge on any atom is -0.385 e. The normalized spacial score (nSPS) is 13.9. The van der Waals surface area contributed by atoms with Crippen LogP contribution in [0.1, 0.15) is 23.4 Å². The van der Waals surface area contributed by atoms with E-state index < -0.39 is 0 Å². The molecule has 0 radical (unpaired) electrons. The first-order chi connectivity index (χ1) is 8.72. The van der Waals surface area contributed by atoms with Gasteiger partial charge in [0.25, 0.3) is 0 Å². The summed E-state index contributed by atoms with van der Waals surface area (Å²) in [6.07, 6.45) is 2.34. The number of aryl methyl sites for hydroxylation is 3. The van der Waals surface area contributed by atoms with E-state index >= 15 is 0 Å². The Kier molecular flexibility index (Phi) is 2.74. The maximum absolute atomic E-state index is 4.52. The minimum absolute atomic E-state index is 0.834. The predicted octanol–water partition coefficient (Wildman–Crippen LogP) is 3.12. The SMILES string of the molecule is Cc1cc(C)nc(-c2ccc3c(c2)CCCN3)n1. The van der Waals surface area contributed by atoms with Gasteiger partial charge in [-0.15, -0.1) is 0 Å². The van der Waals surface area contributed by atoms with Crippen molar-refractivity contribution in [3.8, 4) is 11.4 Å². The average molecular weight is 239 g/mol. The van der Waals surface area contributed by atoms with Crippen LogP contribution in [-0.4, -0.2) is 16.5 Å². The number of nitrogens with zero attached hydrogens (tertiary/aromatic N) is 2. The van der Waals surface area contributed by atoms with Gasteiger partial charge in [-0.3, -0.25) is 0 Å². The Hall–Kier alpha value is -1.90. The Bertz CT molecular complexity index is 570. The van der Waals surface area contributed by atoms with Crippen molar-refractivity contribution in [3.05, 3.63) is 41.2 Å². The zero-order valence-electron chi connectivity index (χ0n) is 10.8. The molecule has 0 spiro atoms. The van der Waals surface area contributed by atoms with Crippen LogP contribution in [-0.2, 0) is 6.42 Å². The van der Waals surface area contributed by atoms with Crippen molar-refractivity contribution in [2.45, 2.75) is 26.7 Å². The fraction of sp³-hybridized carbons (Fsp3) is 0.333. The second-order valence-corrected chi connectivity index (χ2v) is 4.88. The molecule has 0 saturated carbocycles. The van der Waals surface area contributed by atoms with E-state index in [1.165, 1.54) is 17.7 Å². The van der Waals surface area contributed by atoms with E-state index in [1.54, 1.807) is 0 Å². The molecule has 0 amide bonds. The summed E-state index contributed by atoms with van der Waals surface area (Å²) < 4.78 is 0. The second kappa shape index (κ2) is 4.41. The van der Waals surface area contributed by atoms with Gasteiger partial charge in [0.1, 0.15) is 0 Å². The molecule has 3 rings (SSSR count). The molecule has 2 heterocycles. The molecule has 1 aliphatic rings. The molecular formula is C15H17N3. The smallest absolute Gasteiger partial charge is 0.159 e. The highest BCUT2D eigenvalue weighted by molar-refractivity contribution is 5.64. The summed E-state index contributed by atoms with van der Waals surface area (Å²) in [7, 11) is 0.